The number of ether oxygens (including phenoxy) is 2. The summed E-state index contributed by atoms with van der Waals surface area (Å²) in [5.41, 5.74) is 0.0749. The molecule has 0 aromatic carbocycles. The predicted octanol–water partition coefficient (Wildman–Crippen LogP) is 1.57. The Morgan fingerprint density at radius 3 is 2.73 bits per heavy atom. The van der Waals surface area contributed by atoms with E-state index in [4.69, 9.17) is 9.47 Å². The second-order valence-electron chi connectivity index (χ2n) is 4.80. The largest absolute Gasteiger partial charge is 0.381 e. The molecule has 2 unspecified atom stereocenters. The lowest BCUT2D eigenvalue weighted by molar-refractivity contribution is -0.139. The maximum Gasteiger partial charge on any atom is 0.0805 e. The van der Waals surface area contributed by atoms with Crippen LogP contribution in [0.5, 0.6) is 0 Å². The van der Waals surface area contributed by atoms with Gasteiger partial charge >= 0.3 is 0 Å². The van der Waals surface area contributed by atoms with Crippen molar-refractivity contribution in [2.24, 2.45) is 5.92 Å². The van der Waals surface area contributed by atoms with Gasteiger partial charge in [0.2, 0.25) is 0 Å². The summed E-state index contributed by atoms with van der Waals surface area (Å²) < 4.78 is 11.8. The van der Waals surface area contributed by atoms with E-state index < -0.39 is 0 Å². The van der Waals surface area contributed by atoms with Gasteiger partial charge in [-0.2, -0.15) is 0 Å². The highest BCUT2D eigenvalue weighted by atomic mass is 16.5. The number of morpholine rings is 1. The highest BCUT2D eigenvalue weighted by Gasteiger charge is 2.38. The van der Waals surface area contributed by atoms with Gasteiger partial charge < -0.3 is 14.8 Å². The van der Waals surface area contributed by atoms with Crippen molar-refractivity contribution < 1.29 is 9.47 Å². The van der Waals surface area contributed by atoms with E-state index in [1.807, 2.05) is 0 Å². The molecule has 0 aromatic heterocycles. The normalized spacial score (nSPS) is 35.6. The predicted molar refractivity (Wildman–Crippen MR) is 60.0 cm³/mol. The molecule has 2 atom stereocenters. The molecule has 3 nitrogen and oxygen atoms in total. The zero-order chi connectivity index (χ0) is 10.7. The lowest BCUT2D eigenvalue weighted by Gasteiger charge is -2.42. The summed E-state index contributed by atoms with van der Waals surface area (Å²) in [5.74, 6) is 0.607. The summed E-state index contributed by atoms with van der Waals surface area (Å²) in [4.78, 5) is 0. The van der Waals surface area contributed by atoms with Gasteiger partial charge in [-0.3, -0.25) is 0 Å². The lowest BCUT2D eigenvalue weighted by Crippen LogP contribution is -2.55. The van der Waals surface area contributed by atoms with E-state index in [0.29, 0.717) is 12.0 Å². The Balaban J connectivity index is 1.96. The molecule has 0 aliphatic carbocycles. The Labute approximate surface area is 92.5 Å². The average Bonchev–Trinajstić information content (AvgIpc) is 2.82. The minimum atomic E-state index is 0.0749. The molecule has 1 N–H and O–H groups in total. The van der Waals surface area contributed by atoms with Crippen LogP contribution >= 0.6 is 0 Å². The number of hydrogen-bond donors (Lipinski definition) is 1. The lowest BCUT2D eigenvalue weighted by atomic mass is 9.92. The van der Waals surface area contributed by atoms with Crippen LogP contribution in [0, 0.1) is 5.92 Å². The van der Waals surface area contributed by atoms with Gasteiger partial charge in [-0.05, 0) is 19.3 Å². The molecule has 2 heterocycles. The summed E-state index contributed by atoms with van der Waals surface area (Å²) in [7, 11) is 0. The van der Waals surface area contributed by atoms with Crippen LogP contribution < -0.4 is 5.32 Å². The van der Waals surface area contributed by atoms with Crippen LogP contribution in [0.1, 0.15) is 33.1 Å². The summed E-state index contributed by atoms with van der Waals surface area (Å²) in [6, 6.07) is 0. The van der Waals surface area contributed by atoms with E-state index in [1.165, 1.54) is 0 Å². The summed E-state index contributed by atoms with van der Waals surface area (Å²) in [6.07, 6.45) is 3.72. The monoisotopic (exact) mass is 213 g/mol. The SMILES string of the molecule is CCC1(CC)CNCC(C2CCOC2)O1. The Bertz CT molecular complexity index is 198. The Kier molecular flexibility index (Phi) is 3.65. The highest BCUT2D eigenvalue weighted by Crippen LogP contribution is 2.30. The second kappa shape index (κ2) is 4.81. The highest BCUT2D eigenvalue weighted by molar-refractivity contribution is 4.90. The van der Waals surface area contributed by atoms with Gasteiger partial charge in [-0.15, -0.1) is 0 Å². The molecule has 3 heteroatoms. The van der Waals surface area contributed by atoms with Gasteiger partial charge in [0.15, 0.2) is 0 Å². The summed E-state index contributed by atoms with van der Waals surface area (Å²) >= 11 is 0. The fourth-order valence-corrected chi connectivity index (χ4v) is 2.62. The van der Waals surface area contributed by atoms with Crippen LogP contribution in [0.3, 0.4) is 0 Å². The van der Waals surface area contributed by atoms with Gasteiger partial charge in [0.1, 0.15) is 0 Å². The molecule has 0 aromatic rings. The van der Waals surface area contributed by atoms with E-state index in [-0.39, 0.29) is 5.60 Å². The molecule has 0 bridgehead atoms. The first-order valence-electron chi connectivity index (χ1n) is 6.26. The number of rotatable bonds is 3. The van der Waals surface area contributed by atoms with Crippen molar-refractivity contribution in [2.45, 2.75) is 44.8 Å². The summed E-state index contributed by atoms with van der Waals surface area (Å²) in [5, 5.41) is 3.52. The van der Waals surface area contributed by atoms with E-state index in [9.17, 15) is 0 Å². The molecule has 2 rings (SSSR count). The van der Waals surface area contributed by atoms with E-state index in [1.54, 1.807) is 0 Å². The van der Waals surface area contributed by atoms with Crippen molar-refractivity contribution in [3.8, 4) is 0 Å². The van der Waals surface area contributed by atoms with Crippen molar-refractivity contribution >= 4 is 0 Å². The van der Waals surface area contributed by atoms with Gasteiger partial charge in [0, 0.05) is 25.6 Å². The molecule has 88 valence electrons. The van der Waals surface area contributed by atoms with Crippen LogP contribution in [0.4, 0.5) is 0 Å². The third kappa shape index (κ3) is 2.35. The van der Waals surface area contributed by atoms with Crippen LogP contribution in [-0.2, 0) is 9.47 Å². The van der Waals surface area contributed by atoms with Crippen molar-refractivity contribution in [3.05, 3.63) is 0 Å². The zero-order valence-corrected chi connectivity index (χ0v) is 9.92. The molecule has 2 fully saturated rings. The number of hydrogen-bond acceptors (Lipinski definition) is 3. The fraction of sp³-hybridized carbons (Fsp3) is 1.00. The topological polar surface area (TPSA) is 30.5 Å². The molecular formula is C12H23NO2. The molecule has 2 aliphatic heterocycles. The van der Waals surface area contributed by atoms with Crippen LogP contribution in [-0.4, -0.2) is 38.0 Å². The maximum absolute atomic E-state index is 6.31. The number of nitrogens with one attached hydrogen (secondary N) is 1. The Morgan fingerprint density at radius 2 is 2.13 bits per heavy atom. The molecular weight excluding hydrogens is 190 g/mol. The minimum Gasteiger partial charge on any atom is -0.381 e. The molecule has 0 saturated carbocycles. The van der Waals surface area contributed by atoms with Crippen molar-refractivity contribution in [3.63, 3.8) is 0 Å². The quantitative estimate of drug-likeness (QED) is 0.772. The molecule has 0 amide bonds. The standard InChI is InChI=1S/C12H23NO2/c1-3-12(4-2)9-13-7-11(15-12)10-5-6-14-8-10/h10-11,13H,3-9H2,1-2H3. The van der Waals surface area contributed by atoms with Crippen LogP contribution in [0.2, 0.25) is 0 Å². The average molecular weight is 213 g/mol. The van der Waals surface area contributed by atoms with Crippen molar-refractivity contribution in [1.82, 2.24) is 5.32 Å². The Morgan fingerprint density at radius 1 is 1.33 bits per heavy atom. The van der Waals surface area contributed by atoms with Gasteiger partial charge in [0.05, 0.1) is 18.3 Å². The maximum atomic E-state index is 6.31. The zero-order valence-electron chi connectivity index (χ0n) is 9.92. The van der Waals surface area contributed by atoms with E-state index >= 15 is 0 Å². The third-order valence-corrected chi connectivity index (χ3v) is 3.97. The third-order valence-electron chi connectivity index (χ3n) is 3.97. The summed E-state index contributed by atoms with van der Waals surface area (Å²) in [6.45, 7) is 8.24. The first-order valence-corrected chi connectivity index (χ1v) is 6.26. The van der Waals surface area contributed by atoms with Crippen molar-refractivity contribution in [1.29, 1.82) is 0 Å². The molecule has 0 radical (unpaired) electrons. The van der Waals surface area contributed by atoms with Gasteiger partial charge in [-0.1, -0.05) is 13.8 Å². The first kappa shape index (κ1) is 11.4. The van der Waals surface area contributed by atoms with Crippen LogP contribution in [0.15, 0.2) is 0 Å². The van der Waals surface area contributed by atoms with Gasteiger partial charge in [0.25, 0.3) is 0 Å². The molecule has 2 aliphatic rings. The van der Waals surface area contributed by atoms with E-state index in [0.717, 1.165) is 45.6 Å². The van der Waals surface area contributed by atoms with Crippen molar-refractivity contribution in [2.75, 3.05) is 26.3 Å². The smallest absolute Gasteiger partial charge is 0.0805 e. The molecule has 2 saturated heterocycles. The Hall–Kier alpha value is -0.120. The first-order chi connectivity index (χ1) is 7.29. The van der Waals surface area contributed by atoms with Gasteiger partial charge in [-0.25, -0.2) is 0 Å². The van der Waals surface area contributed by atoms with Crippen LogP contribution in [0.25, 0.3) is 0 Å². The fourth-order valence-electron chi connectivity index (χ4n) is 2.62. The molecule has 15 heavy (non-hydrogen) atoms. The molecule has 0 spiro atoms. The van der Waals surface area contributed by atoms with E-state index in [2.05, 4.69) is 19.2 Å². The minimum absolute atomic E-state index is 0.0749. The second-order valence-corrected chi connectivity index (χ2v) is 4.80.